The van der Waals surface area contributed by atoms with Crippen molar-refractivity contribution < 1.29 is 0 Å². The lowest BCUT2D eigenvalue weighted by molar-refractivity contribution is 1.01. The Morgan fingerprint density at radius 1 is 0.750 bits per heavy atom. The first kappa shape index (κ1) is 13.9. The van der Waals surface area contributed by atoms with Crippen LogP contribution in [0.3, 0.4) is 0 Å². The lowest BCUT2D eigenvalue weighted by Gasteiger charge is -2.12. The fraction of sp³-hybridized carbons (Fsp3) is 0.286. The summed E-state index contributed by atoms with van der Waals surface area (Å²) in [5.74, 6) is 0. The molecule has 0 aliphatic heterocycles. The molecule has 0 spiro atoms. The molecule has 0 unspecified atom stereocenters. The molecular weight excluding hydrogens is 256 g/mol. The number of benzene rings is 2. The second-order valence-corrected chi connectivity index (χ2v) is 4.27. The first-order valence-electron chi connectivity index (χ1n) is 6.44. The minimum Gasteiger partial charge on any atom is -0.383 e. The van der Waals surface area contributed by atoms with Crippen LogP contribution in [0.5, 0.6) is 0 Å². The van der Waals surface area contributed by atoms with E-state index < -0.39 is 0 Å². The molecule has 20 heavy (non-hydrogen) atoms. The number of anilines is 2. The van der Waals surface area contributed by atoms with Crippen LogP contribution >= 0.6 is 0 Å². The number of hydrogen-bond acceptors (Lipinski definition) is 6. The minimum atomic E-state index is 0.235. The van der Waals surface area contributed by atoms with Gasteiger partial charge in [0.25, 0.3) is 0 Å². The van der Waals surface area contributed by atoms with E-state index in [9.17, 15) is 9.81 Å². The number of rotatable bonds is 8. The van der Waals surface area contributed by atoms with Crippen molar-refractivity contribution >= 4 is 22.1 Å². The number of nitroso groups, excluding NO2 is 2. The highest BCUT2D eigenvalue weighted by Crippen LogP contribution is 2.29. The predicted molar refractivity (Wildman–Crippen MR) is 82.3 cm³/mol. The third kappa shape index (κ3) is 3.28. The van der Waals surface area contributed by atoms with Gasteiger partial charge in [0.05, 0.1) is 13.1 Å². The maximum absolute atomic E-state index is 10.1. The lowest BCUT2D eigenvalue weighted by atomic mass is 10.1. The van der Waals surface area contributed by atoms with Gasteiger partial charge in [-0.25, -0.2) is 0 Å². The van der Waals surface area contributed by atoms with Crippen molar-refractivity contribution in [3.05, 3.63) is 46.2 Å². The number of nitrogens with one attached hydrogen (secondary N) is 2. The predicted octanol–water partition coefficient (Wildman–Crippen LogP) is 3.20. The van der Waals surface area contributed by atoms with Crippen molar-refractivity contribution in [3.63, 3.8) is 0 Å². The zero-order valence-corrected chi connectivity index (χ0v) is 11.0. The van der Waals surface area contributed by atoms with Gasteiger partial charge in [-0.1, -0.05) is 34.6 Å². The van der Waals surface area contributed by atoms with E-state index in [0.29, 0.717) is 13.1 Å². The first-order chi connectivity index (χ1) is 9.86. The number of fused-ring (bicyclic) bond motifs is 1. The van der Waals surface area contributed by atoms with Gasteiger partial charge < -0.3 is 10.6 Å². The van der Waals surface area contributed by atoms with Crippen molar-refractivity contribution in [2.24, 2.45) is 10.4 Å². The zero-order chi connectivity index (χ0) is 14.2. The Kier molecular flexibility index (Phi) is 5.00. The van der Waals surface area contributed by atoms with E-state index in [0.717, 1.165) is 22.1 Å². The Bertz CT molecular complexity index is 547. The summed E-state index contributed by atoms with van der Waals surface area (Å²) in [6.45, 7) is 1.49. The fourth-order valence-corrected chi connectivity index (χ4v) is 2.09. The van der Waals surface area contributed by atoms with E-state index in [-0.39, 0.29) is 13.1 Å². The number of hydrogen-bond donors (Lipinski definition) is 2. The van der Waals surface area contributed by atoms with Crippen molar-refractivity contribution in [1.82, 2.24) is 0 Å². The van der Waals surface area contributed by atoms with Crippen molar-refractivity contribution in [2.45, 2.75) is 0 Å². The standard InChI is InChI=1S/C14H16N4O2/c19-17-9-7-15-13-5-1-3-11-12(13)4-2-6-14(11)16-8-10-18-20/h1-6,15-16H,7-10H2. The van der Waals surface area contributed by atoms with E-state index >= 15 is 0 Å². The van der Waals surface area contributed by atoms with Crippen molar-refractivity contribution in [3.8, 4) is 0 Å². The van der Waals surface area contributed by atoms with Gasteiger partial charge in [0.1, 0.15) is 0 Å². The van der Waals surface area contributed by atoms with E-state index in [4.69, 9.17) is 0 Å². The average Bonchev–Trinajstić information content (AvgIpc) is 2.48. The third-order valence-electron chi connectivity index (χ3n) is 2.96. The quantitative estimate of drug-likeness (QED) is 0.571. The lowest BCUT2D eigenvalue weighted by Crippen LogP contribution is -2.06. The summed E-state index contributed by atoms with van der Waals surface area (Å²) in [6, 6.07) is 11.8. The molecule has 6 nitrogen and oxygen atoms in total. The SMILES string of the molecule is O=NCCNc1cccc2c(NCCN=O)cccc12. The van der Waals surface area contributed by atoms with Gasteiger partial charge in [-0.05, 0) is 12.1 Å². The maximum Gasteiger partial charge on any atom is 0.0983 e. The van der Waals surface area contributed by atoms with E-state index in [1.54, 1.807) is 0 Å². The molecular formula is C14H16N4O2. The molecule has 6 heteroatoms. The Hall–Kier alpha value is -2.50. The van der Waals surface area contributed by atoms with Crippen LogP contribution in [0, 0.1) is 9.81 Å². The Labute approximate surface area is 116 Å². The van der Waals surface area contributed by atoms with Gasteiger partial charge in [-0.2, -0.15) is 9.81 Å². The molecule has 0 heterocycles. The van der Waals surface area contributed by atoms with Gasteiger partial charge in [-0.3, -0.25) is 0 Å². The zero-order valence-electron chi connectivity index (χ0n) is 11.0. The van der Waals surface area contributed by atoms with Gasteiger partial charge in [0, 0.05) is 35.2 Å². The highest BCUT2D eigenvalue weighted by Gasteiger charge is 2.04. The molecule has 2 rings (SSSR count). The molecule has 2 aromatic rings. The van der Waals surface area contributed by atoms with Crippen LogP contribution in [-0.2, 0) is 0 Å². The molecule has 0 amide bonds. The summed E-state index contributed by atoms with van der Waals surface area (Å²) in [5, 5.41) is 14.2. The second kappa shape index (κ2) is 7.18. The molecule has 104 valence electrons. The van der Waals surface area contributed by atoms with Crippen LogP contribution in [0.1, 0.15) is 0 Å². The molecule has 0 aliphatic carbocycles. The summed E-state index contributed by atoms with van der Waals surface area (Å²) in [4.78, 5) is 20.3. The highest BCUT2D eigenvalue weighted by atomic mass is 16.3. The van der Waals surface area contributed by atoms with Crippen LogP contribution < -0.4 is 10.6 Å². The van der Waals surface area contributed by atoms with E-state index in [1.807, 2.05) is 36.4 Å². The van der Waals surface area contributed by atoms with Crippen molar-refractivity contribution in [2.75, 3.05) is 36.8 Å². The van der Waals surface area contributed by atoms with Gasteiger partial charge in [-0.15, -0.1) is 0 Å². The Balaban J connectivity index is 2.25. The van der Waals surface area contributed by atoms with Gasteiger partial charge >= 0.3 is 0 Å². The largest absolute Gasteiger partial charge is 0.383 e. The molecule has 0 fully saturated rings. The number of nitrogens with zero attached hydrogens (tertiary/aromatic N) is 2. The van der Waals surface area contributed by atoms with Crippen LogP contribution in [-0.4, -0.2) is 26.2 Å². The summed E-state index contributed by atoms with van der Waals surface area (Å²) in [5.41, 5.74) is 1.92. The molecule has 2 aromatic carbocycles. The molecule has 0 atom stereocenters. The topological polar surface area (TPSA) is 82.9 Å². The molecule has 0 saturated carbocycles. The molecule has 2 N–H and O–H groups in total. The van der Waals surface area contributed by atoms with Crippen LogP contribution in [0.4, 0.5) is 11.4 Å². The summed E-state index contributed by atoms with van der Waals surface area (Å²) in [7, 11) is 0. The van der Waals surface area contributed by atoms with Crippen LogP contribution in [0.15, 0.2) is 46.8 Å². The normalized spacial score (nSPS) is 10.2. The highest BCUT2D eigenvalue weighted by molar-refractivity contribution is 6.01. The smallest absolute Gasteiger partial charge is 0.0983 e. The molecule has 0 aromatic heterocycles. The molecule has 0 aliphatic rings. The Morgan fingerprint density at radius 2 is 1.20 bits per heavy atom. The maximum atomic E-state index is 10.1. The monoisotopic (exact) mass is 272 g/mol. The minimum absolute atomic E-state index is 0.235. The average molecular weight is 272 g/mol. The van der Waals surface area contributed by atoms with E-state index in [2.05, 4.69) is 21.0 Å². The van der Waals surface area contributed by atoms with Gasteiger partial charge in [0.15, 0.2) is 0 Å². The second-order valence-electron chi connectivity index (χ2n) is 4.27. The van der Waals surface area contributed by atoms with E-state index in [1.165, 1.54) is 0 Å². The summed E-state index contributed by atoms with van der Waals surface area (Å²) < 4.78 is 0. The molecule has 0 bridgehead atoms. The third-order valence-corrected chi connectivity index (χ3v) is 2.96. The summed E-state index contributed by atoms with van der Waals surface area (Å²) >= 11 is 0. The summed E-state index contributed by atoms with van der Waals surface area (Å²) in [6.07, 6.45) is 0. The van der Waals surface area contributed by atoms with Crippen LogP contribution in [0.2, 0.25) is 0 Å². The Morgan fingerprint density at radius 3 is 1.60 bits per heavy atom. The molecule has 0 saturated heterocycles. The molecule has 0 radical (unpaired) electrons. The van der Waals surface area contributed by atoms with Gasteiger partial charge in [0.2, 0.25) is 0 Å². The fourth-order valence-electron chi connectivity index (χ4n) is 2.09. The first-order valence-corrected chi connectivity index (χ1v) is 6.44. The van der Waals surface area contributed by atoms with Crippen molar-refractivity contribution in [1.29, 1.82) is 0 Å². The van der Waals surface area contributed by atoms with Crippen LogP contribution in [0.25, 0.3) is 10.8 Å².